The van der Waals surface area contributed by atoms with E-state index in [4.69, 9.17) is 5.73 Å². The zero-order valence-corrected chi connectivity index (χ0v) is 11.5. The first-order valence-corrected chi connectivity index (χ1v) is 7.12. The van der Waals surface area contributed by atoms with Gasteiger partial charge in [-0.25, -0.2) is 15.0 Å². The fraction of sp³-hybridized carbons (Fsp3) is 0.231. The molecule has 0 atom stereocenters. The highest BCUT2D eigenvalue weighted by atomic mass is 32.1. The fourth-order valence-corrected chi connectivity index (χ4v) is 2.61. The van der Waals surface area contributed by atoms with E-state index in [1.165, 1.54) is 11.3 Å². The van der Waals surface area contributed by atoms with Crippen LogP contribution in [0.5, 0.6) is 0 Å². The van der Waals surface area contributed by atoms with Gasteiger partial charge in [0.2, 0.25) is 0 Å². The Balaban J connectivity index is 1.74. The molecule has 3 heterocycles. The minimum atomic E-state index is -0.103. The highest BCUT2D eigenvalue weighted by molar-refractivity contribution is 7.13. The summed E-state index contributed by atoms with van der Waals surface area (Å²) in [4.78, 5) is 24.7. The van der Waals surface area contributed by atoms with E-state index in [0.717, 1.165) is 18.5 Å². The molecule has 0 spiro atoms. The second-order valence-electron chi connectivity index (χ2n) is 4.39. The second kappa shape index (κ2) is 5.38. The molecule has 0 amide bonds. The van der Waals surface area contributed by atoms with Gasteiger partial charge in [0.05, 0.1) is 17.5 Å². The Morgan fingerprint density at radius 3 is 3.05 bits per heavy atom. The summed E-state index contributed by atoms with van der Waals surface area (Å²) in [6, 6.07) is 3.55. The van der Waals surface area contributed by atoms with E-state index in [-0.39, 0.29) is 5.56 Å². The average Bonchev–Trinajstić information content (AvgIpc) is 2.87. The van der Waals surface area contributed by atoms with Crippen molar-refractivity contribution in [2.24, 2.45) is 0 Å². The fourth-order valence-electron chi connectivity index (χ4n) is 2.01. The molecule has 0 aliphatic rings. The maximum atomic E-state index is 12.2. The molecule has 3 aromatic rings. The van der Waals surface area contributed by atoms with Crippen molar-refractivity contribution in [2.45, 2.75) is 19.4 Å². The largest absolute Gasteiger partial charge is 0.375 e. The van der Waals surface area contributed by atoms with Crippen LogP contribution in [-0.4, -0.2) is 19.5 Å². The molecule has 0 aliphatic carbocycles. The molecule has 0 saturated heterocycles. The predicted octanol–water partition coefficient (Wildman–Crippen LogP) is 1.46. The van der Waals surface area contributed by atoms with Gasteiger partial charge in [0.15, 0.2) is 10.6 Å². The van der Waals surface area contributed by atoms with Gasteiger partial charge in [-0.2, -0.15) is 0 Å². The third-order valence-corrected chi connectivity index (χ3v) is 3.71. The zero-order chi connectivity index (χ0) is 13.9. The topological polar surface area (TPSA) is 86.7 Å². The summed E-state index contributed by atoms with van der Waals surface area (Å²) >= 11 is 1.43. The van der Waals surface area contributed by atoms with Crippen molar-refractivity contribution in [2.75, 3.05) is 5.73 Å². The van der Waals surface area contributed by atoms with E-state index in [0.29, 0.717) is 22.7 Å². The van der Waals surface area contributed by atoms with E-state index < -0.39 is 0 Å². The van der Waals surface area contributed by atoms with Gasteiger partial charge in [-0.15, -0.1) is 11.3 Å². The van der Waals surface area contributed by atoms with Crippen LogP contribution in [0.1, 0.15) is 12.1 Å². The van der Waals surface area contributed by atoms with Crippen molar-refractivity contribution in [3.8, 4) is 0 Å². The number of rotatable bonds is 4. The molecule has 20 heavy (non-hydrogen) atoms. The van der Waals surface area contributed by atoms with Gasteiger partial charge in [0.1, 0.15) is 0 Å². The Labute approximate surface area is 118 Å². The van der Waals surface area contributed by atoms with Gasteiger partial charge in [-0.05, 0) is 25.0 Å². The molecule has 0 saturated carbocycles. The Morgan fingerprint density at radius 1 is 1.35 bits per heavy atom. The predicted molar refractivity (Wildman–Crippen MR) is 78.6 cm³/mol. The SMILES string of the molecule is Nc1nc(CCCn2cnc3cccnc3c2=O)cs1. The molecule has 0 bridgehead atoms. The number of nitrogens with two attached hydrogens (primary N) is 1. The maximum absolute atomic E-state index is 12.2. The summed E-state index contributed by atoms with van der Waals surface area (Å²) in [6.07, 6.45) is 4.78. The van der Waals surface area contributed by atoms with Crippen LogP contribution in [0, 0.1) is 0 Å². The van der Waals surface area contributed by atoms with Crippen molar-refractivity contribution in [3.63, 3.8) is 0 Å². The molecule has 0 radical (unpaired) electrons. The molecule has 0 aliphatic heterocycles. The number of hydrogen-bond donors (Lipinski definition) is 1. The number of nitrogen functional groups attached to an aromatic ring is 1. The molecule has 3 aromatic heterocycles. The summed E-state index contributed by atoms with van der Waals surface area (Å²) in [5.74, 6) is 0. The summed E-state index contributed by atoms with van der Waals surface area (Å²) in [5.41, 5.74) is 7.48. The number of thiazole rings is 1. The highest BCUT2D eigenvalue weighted by Crippen LogP contribution is 2.12. The van der Waals surface area contributed by atoms with Gasteiger partial charge >= 0.3 is 0 Å². The number of nitrogens with zero attached hydrogens (tertiary/aromatic N) is 4. The molecule has 0 unspecified atom stereocenters. The zero-order valence-electron chi connectivity index (χ0n) is 10.7. The van der Waals surface area contributed by atoms with Gasteiger partial charge < -0.3 is 5.73 Å². The Hall–Kier alpha value is -2.28. The highest BCUT2D eigenvalue weighted by Gasteiger charge is 2.05. The molecule has 102 valence electrons. The molecular weight excluding hydrogens is 274 g/mol. The number of fused-ring (bicyclic) bond motifs is 1. The van der Waals surface area contributed by atoms with E-state index in [9.17, 15) is 4.79 Å². The molecule has 6 nitrogen and oxygen atoms in total. The number of aryl methyl sites for hydroxylation is 2. The number of aromatic nitrogens is 4. The van der Waals surface area contributed by atoms with Crippen molar-refractivity contribution >= 4 is 27.5 Å². The van der Waals surface area contributed by atoms with Crippen LogP contribution < -0.4 is 11.3 Å². The smallest absolute Gasteiger partial charge is 0.279 e. The lowest BCUT2D eigenvalue weighted by molar-refractivity contribution is 0.613. The van der Waals surface area contributed by atoms with Crippen LogP contribution in [0.15, 0.2) is 34.8 Å². The standard InChI is InChI=1S/C13H13N5OS/c14-13-17-9(7-20-13)3-2-6-18-8-16-10-4-1-5-15-11(10)12(18)19/h1,4-5,7-8H,2-3,6H2,(H2,14,17). The molecule has 2 N–H and O–H groups in total. The van der Waals surface area contributed by atoms with Crippen LogP contribution in [0.25, 0.3) is 11.0 Å². The van der Waals surface area contributed by atoms with Gasteiger partial charge in [-0.1, -0.05) is 0 Å². The molecular formula is C13H13N5OS. The lowest BCUT2D eigenvalue weighted by Gasteiger charge is -2.05. The van der Waals surface area contributed by atoms with E-state index in [1.807, 2.05) is 5.38 Å². The van der Waals surface area contributed by atoms with Crippen LogP contribution in [0.2, 0.25) is 0 Å². The quantitative estimate of drug-likeness (QED) is 0.785. The monoisotopic (exact) mass is 287 g/mol. The second-order valence-corrected chi connectivity index (χ2v) is 5.28. The lowest BCUT2D eigenvalue weighted by atomic mass is 10.2. The summed E-state index contributed by atoms with van der Waals surface area (Å²) in [6.45, 7) is 0.593. The van der Waals surface area contributed by atoms with Crippen LogP contribution in [0.3, 0.4) is 0 Å². The third-order valence-electron chi connectivity index (χ3n) is 2.99. The first kappa shape index (κ1) is 12.7. The third kappa shape index (κ3) is 2.53. The summed E-state index contributed by atoms with van der Waals surface area (Å²) in [5, 5.41) is 2.52. The first-order chi connectivity index (χ1) is 9.74. The Kier molecular flexibility index (Phi) is 3.42. The Morgan fingerprint density at radius 2 is 2.25 bits per heavy atom. The summed E-state index contributed by atoms with van der Waals surface area (Å²) in [7, 11) is 0. The normalized spacial score (nSPS) is 11.0. The van der Waals surface area contributed by atoms with E-state index >= 15 is 0 Å². The maximum Gasteiger partial charge on any atom is 0.279 e. The first-order valence-electron chi connectivity index (χ1n) is 6.24. The lowest BCUT2D eigenvalue weighted by Crippen LogP contribution is -2.21. The molecule has 0 fully saturated rings. The van der Waals surface area contributed by atoms with E-state index in [1.54, 1.807) is 29.2 Å². The van der Waals surface area contributed by atoms with Crippen molar-refractivity contribution in [1.82, 2.24) is 19.5 Å². The minimum Gasteiger partial charge on any atom is -0.375 e. The van der Waals surface area contributed by atoms with Crippen molar-refractivity contribution in [1.29, 1.82) is 0 Å². The average molecular weight is 287 g/mol. The number of hydrogen-bond acceptors (Lipinski definition) is 6. The van der Waals surface area contributed by atoms with Crippen LogP contribution in [-0.2, 0) is 13.0 Å². The van der Waals surface area contributed by atoms with E-state index in [2.05, 4.69) is 15.0 Å². The van der Waals surface area contributed by atoms with Gasteiger partial charge in [0, 0.05) is 18.1 Å². The molecule has 7 heteroatoms. The molecule has 3 rings (SSSR count). The molecule has 0 aromatic carbocycles. The Bertz CT molecular complexity index is 795. The number of anilines is 1. The number of pyridine rings is 1. The van der Waals surface area contributed by atoms with Gasteiger partial charge in [0.25, 0.3) is 5.56 Å². The van der Waals surface area contributed by atoms with Crippen molar-refractivity contribution < 1.29 is 0 Å². The van der Waals surface area contributed by atoms with Gasteiger partial charge in [-0.3, -0.25) is 9.36 Å². The van der Waals surface area contributed by atoms with Crippen LogP contribution >= 0.6 is 11.3 Å². The van der Waals surface area contributed by atoms with Crippen LogP contribution in [0.4, 0.5) is 5.13 Å². The summed E-state index contributed by atoms with van der Waals surface area (Å²) < 4.78 is 1.59. The van der Waals surface area contributed by atoms with Crippen molar-refractivity contribution in [3.05, 3.63) is 46.1 Å². The minimum absolute atomic E-state index is 0.103.